The van der Waals surface area contributed by atoms with E-state index in [-0.39, 0.29) is 12.5 Å². The zero-order chi connectivity index (χ0) is 14.0. The van der Waals surface area contributed by atoms with Crippen LogP contribution in [0, 0.1) is 5.92 Å². The molecule has 0 aliphatic carbocycles. The molecule has 0 radical (unpaired) electrons. The third-order valence-electron chi connectivity index (χ3n) is 3.55. The fraction of sp³-hybridized carbons (Fsp3) is 0.429. The summed E-state index contributed by atoms with van der Waals surface area (Å²) in [7, 11) is 0. The molecule has 19 heavy (non-hydrogen) atoms. The average Bonchev–Trinajstić information content (AvgIpc) is 2.76. The normalized spacial score (nSPS) is 14.5. The molecule has 0 saturated heterocycles. The van der Waals surface area contributed by atoms with Crippen molar-refractivity contribution < 1.29 is 15.0 Å². The van der Waals surface area contributed by atoms with Gasteiger partial charge in [-0.2, -0.15) is 0 Å². The van der Waals surface area contributed by atoms with Gasteiger partial charge in [0, 0.05) is 12.5 Å². The summed E-state index contributed by atoms with van der Waals surface area (Å²) in [5.41, 5.74) is 1.76. The van der Waals surface area contributed by atoms with Gasteiger partial charge in [0.15, 0.2) is 0 Å². The molecule has 0 saturated carbocycles. The molecular weight excluding hydrogens is 244 g/mol. The molecule has 2 aromatic rings. The number of fused-ring (bicyclic) bond motifs is 1. The monoisotopic (exact) mass is 262 g/mol. The predicted octanol–water partition coefficient (Wildman–Crippen LogP) is 1.85. The van der Waals surface area contributed by atoms with Gasteiger partial charge in [-0.15, -0.1) is 0 Å². The van der Waals surface area contributed by atoms with Gasteiger partial charge in [-0.3, -0.25) is 4.79 Å². The summed E-state index contributed by atoms with van der Waals surface area (Å²) in [5, 5.41) is 18.3. The molecule has 1 heterocycles. The van der Waals surface area contributed by atoms with Gasteiger partial charge >= 0.3 is 5.97 Å². The highest BCUT2D eigenvalue weighted by Gasteiger charge is 2.25. The SMILES string of the molecule is CC(C(=O)O)C(C)c1nc2ccccc2n1CCO. The van der Waals surface area contributed by atoms with Gasteiger partial charge < -0.3 is 14.8 Å². The number of nitrogens with zero attached hydrogens (tertiary/aromatic N) is 2. The van der Waals surface area contributed by atoms with Gasteiger partial charge in [0.2, 0.25) is 0 Å². The number of benzene rings is 1. The van der Waals surface area contributed by atoms with E-state index in [0.717, 1.165) is 11.0 Å². The zero-order valence-corrected chi connectivity index (χ0v) is 11.1. The molecule has 0 bridgehead atoms. The quantitative estimate of drug-likeness (QED) is 0.862. The highest BCUT2D eigenvalue weighted by Crippen LogP contribution is 2.27. The molecule has 2 unspecified atom stereocenters. The fourth-order valence-corrected chi connectivity index (χ4v) is 2.21. The maximum atomic E-state index is 11.1. The lowest BCUT2D eigenvalue weighted by molar-refractivity contribution is -0.141. The van der Waals surface area contributed by atoms with Crippen LogP contribution in [0.4, 0.5) is 0 Å². The fourth-order valence-electron chi connectivity index (χ4n) is 2.21. The van der Waals surface area contributed by atoms with Crippen LogP contribution in [-0.2, 0) is 11.3 Å². The summed E-state index contributed by atoms with van der Waals surface area (Å²) in [6, 6.07) is 7.63. The van der Waals surface area contributed by atoms with Crippen LogP contribution in [0.5, 0.6) is 0 Å². The third-order valence-corrected chi connectivity index (χ3v) is 3.55. The Morgan fingerprint density at radius 3 is 2.68 bits per heavy atom. The summed E-state index contributed by atoms with van der Waals surface area (Å²) in [4.78, 5) is 15.6. The Morgan fingerprint density at radius 1 is 1.37 bits per heavy atom. The van der Waals surface area contributed by atoms with Gasteiger partial charge in [-0.1, -0.05) is 26.0 Å². The topological polar surface area (TPSA) is 75.3 Å². The number of carbonyl (C=O) groups is 1. The minimum Gasteiger partial charge on any atom is -0.481 e. The summed E-state index contributed by atoms with van der Waals surface area (Å²) in [6.07, 6.45) is 0. The molecule has 2 N–H and O–H groups in total. The highest BCUT2D eigenvalue weighted by atomic mass is 16.4. The molecule has 1 aromatic carbocycles. The van der Waals surface area contributed by atoms with E-state index in [0.29, 0.717) is 12.4 Å². The molecular formula is C14H18N2O3. The van der Waals surface area contributed by atoms with Crippen molar-refractivity contribution in [3.63, 3.8) is 0 Å². The van der Waals surface area contributed by atoms with Gasteiger partial charge in [0.25, 0.3) is 0 Å². The Kier molecular flexibility index (Phi) is 3.85. The van der Waals surface area contributed by atoms with Gasteiger partial charge in [0.05, 0.1) is 23.6 Å². The van der Waals surface area contributed by atoms with Gasteiger partial charge in [-0.05, 0) is 12.1 Å². The Bertz CT molecular complexity index is 591. The number of carboxylic acids is 1. The summed E-state index contributed by atoms with van der Waals surface area (Å²) in [6.45, 7) is 3.96. The number of hydrogen-bond donors (Lipinski definition) is 2. The molecule has 0 spiro atoms. The summed E-state index contributed by atoms with van der Waals surface area (Å²) in [5.74, 6) is -0.856. The lowest BCUT2D eigenvalue weighted by atomic mass is 9.95. The number of para-hydroxylation sites is 2. The molecule has 0 aliphatic heterocycles. The first-order valence-electron chi connectivity index (χ1n) is 6.35. The molecule has 2 atom stereocenters. The van der Waals surface area contributed by atoms with Crippen LogP contribution in [-0.4, -0.2) is 32.3 Å². The van der Waals surface area contributed by atoms with E-state index in [1.54, 1.807) is 6.92 Å². The Balaban J connectivity index is 2.52. The summed E-state index contributed by atoms with van der Waals surface area (Å²) >= 11 is 0. The van der Waals surface area contributed by atoms with Crippen molar-refractivity contribution in [2.24, 2.45) is 5.92 Å². The first kappa shape index (κ1) is 13.5. The van der Waals surface area contributed by atoms with Crippen molar-refractivity contribution in [3.8, 4) is 0 Å². The second-order valence-electron chi connectivity index (χ2n) is 4.75. The second kappa shape index (κ2) is 5.40. The molecule has 0 aliphatic rings. The van der Waals surface area contributed by atoms with Crippen LogP contribution in [0.3, 0.4) is 0 Å². The smallest absolute Gasteiger partial charge is 0.306 e. The number of imidazole rings is 1. The molecule has 0 fully saturated rings. The van der Waals surface area contributed by atoms with E-state index in [1.165, 1.54) is 0 Å². The second-order valence-corrected chi connectivity index (χ2v) is 4.75. The van der Waals surface area contributed by atoms with E-state index in [1.807, 2.05) is 35.8 Å². The van der Waals surface area contributed by atoms with E-state index in [2.05, 4.69) is 4.98 Å². The number of aliphatic hydroxyl groups excluding tert-OH is 1. The molecule has 2 rings (SSSR count). The lowest BCUT2D eigenvalue weighted by Gasteiger charge is -2.17. The number of rotatable bonds is 5. The number of aliphatic carboxylic acids is 1. The highest BCUT2D eigenvalue weighted by molar-refractivity contribution is 5.76. The third kappa shape index (κ3) is 2.46. The Labute approximate surface area is 111 Å². The molecule has 1 aromatic heterocycles. The maximum absolute atomic E-state index is 11.1. The minimum absolute atomic E-state index is 0.00151. The van der Waals surface area contributed by atoms with E-state index >= 15 is 0 Å². The van der Waals surface area contributed by atoms with Crippen molar-refractivity contribution in [2.75, 3.05) is 6.61 Å². The lowest BCUT2D eigenvalue weighted by Crippen LogP contribution is -2.20. The van der Waals surface area contributed by atoms with E-state index in [4.69, 9.17) is 5.11 Å². The van der Waals surface area contributed by atoms with Crippen molar-refractivity contribution in [2.45, 2.75) is 26.3 Å². The largest absolute Gasteiger partial charge is 0.481 e. The minimum atomic E-state index is -0.838. The standard InChI is InChI=1S/C14H18N2O3/c1-9(10(2)14(18)19)13-15-11-5-3-4-6-12(11)16(13)7-8-17/h3-6,9-10,17H,7-8H2,1-2H3,(H,18,19). The van der Waals surface area contributed by atoms with Crippen molar-refractivity contribution in [3.05, 3.63) is 30.1 Å². The molecule has 5 nitrogen and oxygen atoms in total. The van der Waals surface area contributed by atoms with Gasteiger partial charge in [0.1, 0.15) is 5.82 Å². The average molecular weight is 262 g/mol. The van der Waals surface area contributed by atoms with Crippen LogP contribution in [0.25, 0.3) is 11.0 Å². The van der Waals surface area contributed by atoms with Crippen molar-refractivity contribution in [1.29, 1.82) is 0 Å². The summed E-state index contributed by atoms with van der Waals surface area (Å²) < 4.78 is 1.90. The van der Waals surface area contributed by atoms with E-state index in [9.17, 15) is 9.90 Å². The molecule has 0 amide bonds. The van der Waals surface area contributed by atoms with Crippen LogP contribution >= 0.6 is 0 Å². The Morgan fingerprint density at radius 2 is 2.05 bits per heavy atom. The van der Waals surface area contributed by atoms with Crippen LogP contribution in [0.1, 0.15) is 25.6 Å². The first-order valence-corrected chi connectivity index (χ1v) is 6.35. The number of aliphatic hydroxyl groups is 1. The predicted molar refractivity (Wildman–Crippen MR) is 72.0 cm³/mol. The number of hydrogen-bond acceptors (Lipinski definition) is 3. The van der Waals surface area contributed by atoms with Crippen LogP contribution in [0.2, 0.25) is 0 Å². The first-order chi connectivity index (χ1) is 9.06. The van der Waals surface area contributed by atoms with Gasteiger partial charge in [-0.25, -0.2) is 4.98 Å². The molecule has 5 heteroatoms. The van der Waals surface area contributed by atoms with Crippen LogP contribution < -0.4 is 0 Å². The van der Waals surface area contributed by atoms with Crippen LogP contribution in [0.15, 0.2) is 24.3 Å². The zero-order valence-electron chi connectivity index (χ0n) is 11.1. The number of carboxylic acid groups (broad SMARTS) is 1. The Hall–Kier alpha value is -1.88. The number of aromatic nitrogens is 2. The van der Waals surface area contributed by atoms with Crippen molar-refractivity contribution in [1.82, 2.24) is 9.55 Å². The maximum Gasteiger partial charge on any atom is 0.306 e. The van der Waals surface area contributed by atoms with E-state index < -0.39 is 11.9 Å². The van der Waals surface area contributed by atoms with Crippen molar-refractivity contribution >= 4 is 17.0 Å². The molecule has 102 valence electrons.